The number of hydrogen-bond donors (Lipinski definition) is 1. The Morgan fingerprint density at radius 1 is 1.07 bits per heavy atom. The van der Waals surface area contributed by atoms with Gasteiger partial charge in [-0.2, -0.15) is 0 Å². The van der Waals surface area contributed by atoms with Crippen molar-refractivity contribution in [3.63, 3.8) is 0 Å². The van der Waals surface area contributed by atoms with Gasteiger partial charge in [0.1, 0.15) is 5.75 Å². The van der Waals surface area contributed by atoms with Crippen LogP contribution in [0.5, 0.6) is 5.75 Å². The molecule has 0 saturated carbocycles. The highest BCUT2D eigenvalue weighted by Crippen LogP contribution is 2.24. The van der Waals surface area contributed by atoms with Crippen LogP contribution in [-0.2, 0) is 20.7 Å². The lowest BCUT2D eigenvalue weighted by atomic mass is 9.99. The number of amides is 1. The number of carbonyl (C=O) groups excluding carboxylic acids is 2. The van der Waals surface area contributed by atoms with Crippen molar-refractivity contribution in [2.24, 2.45) is 5.92 Å². The van der Waals surface area contributed by atoms with E-state index < -0.39 is 5.97 Å². The van der Waals surface area contributed by atoms with Crippen LogP contribution in [0, 0.1) is 5.92 Å². The minimum absolute atomic E-state index is 0.0560. The van der Waals surface area contributed by atoms with E-state index in [4.69, 9.17) is 9.47 Å². The molecule has 1 saturated heterocycles. The van der Waals surface area contributed by atoms with Crippen LogP contribution in [0.3, 0.4) is 0 Å². The van der Waals surface area contributed by atoms with Gasteiger partial charge in [0.15, 0.2) is 6.61 Å². The van der Waals surface area contributed by atoms with E-state index in [2.05, 4.69) is 17.1 Å². The van der Waals surface area contributed by atoms with E-state index in [9.17, 15) is 9.59 Å². The Morgan fingerprint density at radius 2 is 1.76 bits per heavy atom. The van der Waals surface area contributed by atoms with Gasteiger partial charge >= 0.3 is 5.97 Å². The largest absolute Gasteiger partial charge is 0.496 e. The third-order valence-electron chi connectivity index (χ3n) is 5.19. The quantitative estimate of drug-likeness (QED) is 0.724. The molecule has 0 aromatic heterocycles. The summed E-state index contributed by atoms with van der Waals surface area (Å²) in [6, 6.07) is 15.0. The van der Waals surface area contributed by atoms with Gasteiger partial charge in [-0.1, -0.05) is 25.1 Å². The monoisotopic (exact) mass is 396 g/mol. The predicted molar refractivity (Wildman–Crippen MR) is 113 cm³/mol. The van der Waals surface area contributed by atoms with Crippen LogP contribution >= 0.6 is 0 Å². The maximum absolute atomic E-state index is 12.1. The van der Waals surface area contributed by atoms with Crippen LogP contribution in [0.4, 0.5) is 11.4 Å². The molecular formula is C23H28N2O4. The number of nitrogens with zero attached hydrogens (tertiary/aromatic N) is 1. The first kappa shape index (κ1) is 20.7. The van der Waals surface area contributed by atoms with E-state index in [0.717, 1.165) is 30.3 Å². The Bertz CT molecular complexity index is 827. The van der Waals surface area contributed by atoms with Crippen molar-refractivity contribution in [2.75, 3.05) is 37.0 Å². The minimum Gasteiger partial charge on any atom is -0.496 e. The molecular weight excluding hydrogens is 368 g/mol. The number of piperidine rings is 1. The van der Waals surface area contributed by atoms with Gasteiger partial charge in [-0.25, -0.2) is 0 Å². The SMILES string of the molecule is COc1ccccc1CC(=O)OCC(=O)Nc1ccc(N2CCC(C)CC2)cc1. The molecule has 0 unspecified atom stereocenters. The maximum atomic E-state index is 12.1. The van der Waals surface area contributed by atoms with Crippen molar-refractivity contribution in [1.29, 1.82) is 0 Å². The molecule has 0 aliphatic carbocycles. The molecule has 29 heavy (non-hydrogen) atoms. The van der Waals surface area contributed by atoms with Gasteiger partial charge in [0.2, 0.25) is 0 Å². The molecule has 3 rings (SSSR count). The van der Waals surface area contributed by atoms with Gasteiger partial charge in [-0.05, 0) is 49.1 Å². The Hall–Kier alpha value is -3.02. The number of hydrogen-bond acceptors (Lipinski definition) is 5. The summed E-state index contributed by atoms with van der Waals surface area (Å²) >= 11 is 0. The first-order valence-corrected chi connectivity index (χ1v) is 9.97. The standard InChI is InChI=1S/C23H28N2O4/c1-17-11-13-25(14-12-17)20-9-7-19(8-10-20)24-22(26)16-29-23(27)15-18-5-3-4-6-21(18)28-2/h3-10,17H,11-16H2,1-2H3,(H,24,26). The average Bonchev–Trinajstić information content (AvgIpc) is 2.74. The fourth-order valence-corrected chi connectivity index (χ4v) is 3.42. The molecule has 0 bridgehead atoms. The van der Waals surface area contributed by atoms with Crippen LogP contribution in [0.15, 0.2) is 48.5 Å². The molecule has 1 aliphatic rings. The van der Waals surface area contributed by atoms with Crippen molar-refractivity contribution in [1.82, 2.24) is 0 Å². The molecule has 1 fully saturated rings. The number of anilines is 2. The van der Waals surface area contributed by atoms with Crippen LogP contribution in [0.25, 0.3) is 0 Å². The molecule has 2 aromatic rings. The zero-order valence-corrected chi connectivity index (χ0v) is 17.0. The normalized spacial score (nSPS) is 14.3. The Kier molecular flexibility index (Phi) is 7.11. The second-order valence-electron chi connectivity index (χ2n) is 7.41. The van der Waals surface area contributed by atoms with Gasteiger partial charge in [0, 0.05) is 30.0 Å². The van der Waals surface area contributed by atoms with Gasteiger partial charge in [-0.3, -0.25) is 9.59 Å². The van der Waals surface area contributed by atoms with Crippen molar-refractivity contribution in [3.05, 3.63) is 54.1 Å². The number of carbonyl (C=O) groups is 2. The van der Waals surface area contributed by atoms with Crippen LogP contribution < -0.4 is 15.0 Å². The fourth-order valence-electron chi connectivity index (χ4n) is 3.42. The summed E-state index contributed by atoms with van der Waals surface area (Å²) < 4.78 is 10.3. The van der Waals surface area contributed by atoms with Crippen molar-refractivity contribution < 1.29 is 19.1 Å². The lowest BCUT2D eigenvalue weighted by Gasteiger charge is -2.32. The highest BCUT2D eigenvalue weighted by Gasteiger charge is 2.16. The van der Waals surface area contributed by atoms with Gasteiger partial charge < -0.3 is 19.7 Å². The van der Waals surface area contributed by atoms with Crippen LogP contribution in [0.1, 0.15) is 25.3 Å². The van der Waals surface area contributed by atoms with Crippen molar-refractivity contribution in [2.45, 2.75) is 26.2 Å². The van der Waals surface area contributed by atoms with E-state index in [1.165, 1.54) is 12.8 Å². The third-order valence-corrected chi connectivity index (χ3v) is 5.19. The van der Waals surface area contributed by atoms with E-state index in [1.807, 2.05) is 36.4 Å². The second-order valence-corrected chi connectivity index (χ2v) is 7.41. The molecule has 1 N–H and O–H groups in total. The number of para-hydroxylation sites is 1. The minimum atomic E-state index is -0.473. The molecule has 0 atom stereocenters. The molecule has 0 spiro atoms. The molecule has 1 aliphatic heterocycles. The van der Waals surface area contributed by atoms with Crippen molar-refractivity contribution in [3.8, 4) is 5.75 Å². The number of nitrogens with one attached hydrogen (secondary N) is 1. The van der Waals surface area contributed by atoms with E-state index in [1.54, 1.807) is 19.2 Å². The molecule has 1 amide bonds. The second kappa shape index (κ2) is 9.96. The first-order valence-electron chi connectivity index (χ1n) is 9.97. The Balaban J connectivity index is 1.45. The number of ether oxygens (including phenoxy) is 2. The Labute approximate surface area is 171 Å². The highest BCUT2D eigenvalue weighted by molar-refractivity contribution is 5.93. The topological polar surface area (TPSA) is 67.9 Å². The molecule has 154 valence electrons. The smallest absolute Gasteiger partial charge is 0.310 e. The van der Waals surface area contributed by atoms with Gasteiger partial charge in [0.05, 0.1) is 13.5 Å². The van der Waals surface area contributed by atoms with E-state index in [0.29, 0.717) is 11.4 Å². The van der Waals surface area contributed by atoms with Gasteiger partial charge in [0.25, 0.3) is 5.91 Å². The molecule has 0 radical (unpaired) electrons. The van der Waals surface area contributed by atoms with Gasteiger partial charge in [-0.15, -0.1) is 0 Å². The molecule has 6 nitrogen and oxygen atoms in total. The zero-order chi connectivity index (χ0) is 20.6. The summed E-state index contributed by atoms with van der Waals surface area (Å²) in [6.07, 6.45) is 2.47. The maximum Gasteiger partial charge on any atom is 0.310 e. The fraction of sp³-hybridized carbons (Fsp3) is 0.391. The summed E-state index contributed by atoms with van der Waals surface area (Å²) in [5.74, 6) is 0.574. The number of rotatable bonds is 7. The summed E-state index contributed by atoms with van der Waals surface area (Å²) in [6.45, 7) is 4.10. The van der Waals surface area contributed by atoms with Crippen LogP contribution in [-0.4, -0.2) is 38.7 Å². The predicted octanol–water partition coefficient (Wildman–Crippen LogP) is 3.66. The zero-order valence-electron chi connectivity index (χ0n) is 17.0. The molecule has 1 heterocycles. The molecule has 6 heteroatoms. The van der Waals surface area contributed by atoms with E-state index >= 15 is 0 Å². The average molecular weight is 396 g/mol. The lowest BCUT2D eigenvalue weighted by Crippen LogP contribution is -2.32. The van der Waals surface area contributed by atoms with Crippen molar-refractivity contribution >= 4 is 23.3 Å². The summed E-state index contributed by atoms with van der Waals surface area (Å²) in [4.78, 5) is 26.5. The number of esters is 1. The Morgan fingerprint density at radius 3 is 2.45 bits per heavy atom. The number of methoxy groups -OCH3 is 1. The van der Waals surface area contributed by atoms with Crippen LogP contribution in [0.2, 0.25) is 0 Å². The summed E-state index contributed by atoms with van der Waals surface area (Å²) in [7, 11) is 1.55. The number of benzene rings is 2. The lowest BCUT2D eigenvalue weighted by molar-refractivity contribution is -0.146. The van der Waals surface area contributed by atoms with E-state index in [-0.39, 0.29) is 18.9 Å². The summed E-state index contributed by atoms with van der Waals surface area (Å²) in [5.41, 5.74) is 2.58. The first-order chi connectivity index (χ1) is 14.0. The third kappa shape index (κ3) is 5.98. The summed E-state index contributed by atoms with van der Waals surface area (Å²) in [5, 5.41) is 2.76. The highest BCUT2D eigenvalue weighted by atomic mass is 16.5. The molecule has 2 aromatic carbocycles.